The number of benzene rings is 3. The van der Waals surface area contributed by atoms with Crippen molar-refractivity contribution in [1.82, 2.24) is 0 Å². The molecule has 0 heterocycles. The van der Waals surface area contributed by atoms with Gasteiger partial charge in [-0.15, -0.1) is 6.58 Å². The molecule has 0 unspecified atom stereocenters. The molecule has 3 aromatic carbocycles. The first-order chi connectivity index (χ1) is 16.8. The van der Waals surface area contributed by atoms with E-state index in [2.05, 4.69) is 11.9 Å². The van der Waals surface area contributed by atoms with Gasteiger partial charge in [0.2, 0.25) is 0 Å². The number of ether oxygens (including phenoxy) is 2. The number of methoxy groups -OCH3 is 1. The van der Waals surface area contributed by atoms with E-state index < -0.39 is 5.91 Å². The molecule has 0 bridgehead atoms. The molecular formula is C27H22Cl2N2O4. The van der Waals surface area contributed by atoms with Crippen LogP contribution in [0, 0.1) is 11.3 Å². The second kappa shape index (κ2) is 12.0. The number of nitriles is 1. The molecule has 0 fully saturated rings. The smallest absolute Gasteiger partial charge is 0.266 e. The van der Waals surface area contributed by atoms with E-state index in [9.17, 15) is 15.2 Å². The fourth-order valence-electron chi connectivity index (χ4n) is 3.23. The molecule has 0 aromatic heterocycles. The van der Waals surface area contributed by atoms with E-state index in [4.69, 9.17) is 32.7 Å². The van der Waals surface area contributed by atoms with Gasteiger partial charge in [0.1, 0.15) is 24.0 Å². The molecule has 178 valence electrons. The predicted octanol–water partition coefficient (Wildman–Crippen LogP) is 6.56. The molecule has 0 atom stereocenters. The van der Waals surface area contributed by atoms with Crippen LogP contribution >= 0.6 is 23.2 Å². The molecule has 8 heteroatoms. The molecule has 0 radical (unpaired) electrons. The number of phenols is 1. The minimum Gasteiger partial charge on any atom is -0.508 e. The zero-order valence-corrected chi connectivity index (χ0v) is 20.4. The number of phenolic OH excluding ortho intramolecular Hbond substituents is 1. The Bertz CT molecular complexity index is 1310. The SMILES string of the molecule is C=CCc1cc(/C=C(/C#N)C(=O)Nc2ccc(O)cc2)cc(OC)c1OCc1ccc(Cl)c(Cl)c1. The molecule has 0 aliphatic carbocycles. The Morgan fingerprint density at radius 2 is 1.89 bits per heavy atom. The monoisotopic (exact) mass is 508 g/mol. The van der Waals surface area contributed by atoms with Crippen molar-refractivity contribution in [2.45, 2.75) is 13.0 Å². The van der Waals surface area contributed by atoms with Gasteiger partial charge in [0, 0.05) is 11.3 Å². The van der Waals surface area contributed by atoms with Crippen LogP contribution in [-0.2, 0) is 17.8 Å². The van der Waals surface area contributed by atoms with E-state index >= 15 is 0 Å². The quantitative estimate of drug-likeness (QED) is 0.148. The minimum absolute atomic E-state index is 0.0716. The Morgan fingerprint density at radius 3 is 2.51 bits per heavy atom. The summed E-state index contributed by atoms with van der Waals surface area (Å²) < 4.78 is 11.6. The van der Waals surface area contributed by atoms with Gasteiger partial charge in [0.15, 0.2) is 11.5 Å². The van der Waals surface area contributed by atoms with Crippen molar-refractivity contribution in [3.63, 3.8) is 0 Å². The fourth-order valence-corrected chi connectivity index (χ4v) is 3.55. The van der Waals surface area contributed by atoms with Crippen molar-refractivity contribution in [2.75, 3.05) is 12.4 Å². The largest absolute Gasteiger partial charge is 0.508 e. The molecule has 0 saturated heterocycles. The Morgan fingerprint density at radius 1 is 1.14 bits per heavy atom. The van der Waals surface area contributed by atoms with Gasteiger partial charge in [-0.3, -0.25) is 4.79 Å². The lowest BCUT2D eigenvalue weighted by molar-refractivity contribution is -0.112. The lowest BCUT2D eigenvalue weighted by Gasteiger charge is -2.16. The van der Waals surface area contributed by atoms with Gasteiger partial charge < -0.3 is 19.9 Å². The number of nitrogens with zero attached hydrogens (tertiary/aromatic N) is 1. The zero-order valence-electron chi connectivity index (χ0n) is 18.8. The minimum atomic E-state index is -0.581. The maximum atomic E-state index is 12.6. The lowest BCUT2D eigenvalue weighted by Crippen LogP contribution is -2.13. The molecule has 2 N–H and O–H groups in total. The molecule has 3 rings (SSSR count). The van der Waals surface area contributed by atoms with Crippen molar-refractivity contribution in [3.8, 4) is 23.3 Å². The molecule has 0 spiro atoms. The van der Waals surface area contributed by atoms with Crippen LogP contribution in [-0.4, -0.2) is 18.1 Å². The topological polar surface area (TPSA) is 91.6 Å². The normalized spacial score (nSPS) is 10.9. The molecule has 3 aromatic rings. The van der Waals surface area contributed by atoms with Crippen LogP contribution in [0.4, 0.5) is 5.69 Å². The first-order valence-corrected chi connectivity index (χ1v) is 11.2. The third-order valence-electron chi connectivity index (χ3n) is 4.91. The number of rotatable bonds is 9. The summed E-state index contributed by atoms with van der Waals surface area (Å²) in [4.78, 5) is 12.6. The molecule has 35 heavy (non-hydrogen) atoms. The van der Waals surface area contributed by atoms with Crippen molar-refractivity contribution in [3.05, 3.63) is 99.6 Å². The first kappa shape index (κ1) is 25.7. The first-order valence-electron chi connectivity index (χ1n) is 10.4. The number of amides is 1. The van der Waals surface area contributed by atoms with Crippen LogP contribution in [0.3, 0.4) is 0 Å². The van der Waals surface area contributed by atoms with Crippen molar-refractivity contribution in [2.24, 2.45) is 0 Å². The highest BCUT2D eigenvalue weighted by Gasteiger charge is 2.15. The zero-order chi connectivity index (χ0) is 25.4. The number of carbonyl (C=O) groups is 1. The molecule has 6 nitrogen and oxygen atoms in total. The Kier molecular flexibility index (Phi) is 8.80. The van der Waals surface area contributed by atoms with E-state index in [-0.39, 0.29) is 17.9 Å². The number of anilines is 1. The third-order valence-corrected chi connectivity index (χ3v) is 5.65. The van der Waals surface area contributed by atoms with E-state index in [1.165, 1.54) is 37.5 Å². The number of allylic oxidation sites excluding steroid dienone is 1. The van der Waals surface area contributed by atoms with Crippen LogP contribution < -0.4 is 14.8 Å². The Labute approximate surface area is 213 Å². The summed E-state index contributed by atoms with van der Waals surface area (Å²) in [5.41, 5.74) is 2.52. The summed E-state index contributed by atoms with van der Waals surface area (Å²) in [7, 11) is 1.51. The van der Waals surface area contributed by atoms with Gasteiger partial charge in [-0.25, -0.2) is 0 Å². The predicted molar refractivity (Wildman–Crippen MR) is 138 cm³/mol. The Hall–Kier alpha value is -3.92. The molecule has 1 amide bonds. The Balaban J connectivity index is 1.89. The number of aromatic hydroxyl groups is 1. The number of hydrogen-bond acceptors (Lipinski definition) is 5. The summed E-state index contributed by atoms with van der Waals surface area (Å²) in [6.45, 7) is 4.03. The standard InChI is InChI=1S/C27H22Cl2N2O4/c1-3-4-19-11-18(12-20(15-30)27(33)31-21-6-8-22(32)9-7-21)14-25(34-2)26(19)35-16-17-5-10-23(28)24(29)13-17/h3,5-14,32H,1,4,16H2,2H3,(H,31,33)/b20-12-. The highest BCUT2D eigenvalue weighted by Crippen LogP contribution is 2.35. The maximum absolute atomic E-state index is 12.6. The van der Waals surface area contributed by atoms with Gasteiger partial charge in [-0.2, -0.15) is 5.26 Å². The highest BCUT2D eigenvalue weighted by atomic mass is 35.5. The average molecular weight is 509 g/mol. The van der Waals surface area contributed by atoms with Gasteiger partial charge in [-0.05, 0) is 72.2 Å². The maximum Gasteiger partial charge on any atom is 0.266 e. The van der Waals surface area contributed by atoms with Crippen LogP contribution in [0.25, 0.3) is 6.08 Å². The lowest BCUT2D eigenvalue weighted by atomic mass is 10.0. The summed E-state index contributed by atoms with van der Waals surface area (Å²) in [5.74, 6) is 0.444. The van der Waals surface area contributed by atoms with Crippen molar-refractivity contribution >= 4 is 40.9 Å². The number of nitrogens with one attached hydrogen (secondary N) is 1. The van der Waals surface area contributed by atoms with E-state index in [1.54, 1.807) is 30.3 Å². The average Bonchev–Trinajstić information content (AvgIpc) is 2.85. The van der Waals surface area contributed by atoms with Crippen molar-refractivity contribution < 1.29 is 19.4 Å². The van der Waals surface area contributed by atoms with E-state index in [0.29, 0.717) is 39.2 Å². The van der Waals surface area contributed by atoms with E-state index in [1.807, 2.05) is 12.1 Å². The highest BCUT2D eigenvalue weighted by molar-refractivity contribution is 6.42. The van der Waals surface area contributed by atoms with Crippen LogP contribution in [0.2, 0.25) is 10.0 Å². The summed E-state index contributed by atoms with van der Waals surface area (Å²) in [5, 5.41) is 22.5. The van der Waals surface area contributed by atoms with Gasteiger partial charge in [0.05, 0.1) is 17.2 Å². The molecule has 0 aliphatic rings. The molecule has 0 aliphatic heterocycles. The fraction of sp³-hybridized carbons (Fsp3) is 0.111. The number of hydrogen-bond donors (Lipinski definition) is 2. The van der Waals surface area contributed by atoms with Crippen LogP contribution in [0.5, 0.6) is 17.2 Å². The van der Waals surface area contributed by atoms with Crippen molar-refractivity contribution in [1.29, 1.82) is 5.26 Å². The summed E-state index contributed by atoms with van der Waals surface area (Å²) >= 11 is 12.1. The van der Waals surface area contributed by atoms with Gasteiger partial charge in [-0.1, -0.05) is 35.3 Å². The second-order valence-corrected chi connectivity index (χ2v) is 8.23. The summed E-state index contributed by atoms with van der Waals surface area (Å²) in [6.07, 6.45) is 3.65. The molecule has 0 saturated carbocycles. The number of carbonyl (C=O) groups excluding carboxylic acids is 1. The second-order valence-electron chi connectivity index (χ2n) is 7.41. The third kappa shape index (κ3) is 6.80. The number of halogens is 2. The van der Waals surface area contributed by atoms with Crippen LogP contribution in [0.1, 0.15) is 16.7 Å². The van der Waals surface area contributed by atoms with E-state index in [0.717, 1.165) is 11.1 Å². The van der Waals surface area contributed by atoms with Gasteiger partial charge >= 0.3 is 0 Å². The van der Waals surface area contributed by atoms with Crippen LogP contribution in [0.15, 0.2) is 72.8 Å². The molecular weight excluding hydrogens is 487 g/mol. The summed E-state index contributed by atoms with van der Waals surface area (Å²) in [6, 6.07) is 16.6. The van der Waals surface area contributed by atoms with Gasteiger partial charge in [0.25, 0.3) is 5.91 Å².